The monoisotopic (exact) mass is 296 g/mol. The highest BCUT2D eigenvalue weighted by Crippen LogP contribution is 2.29. The van der Waals surface area contributed by atoms with E-state index in [0.29, 0.717) is 36.0 Å². The van der Waals surface area contributed by atoms with Crippen LogP contribution in [0.3, 0.4) is 0 Å². The van der Waals surface area contributed by atoms with Gasteiger partial charge in [0.2, 0.25) is 5.91 Å². The van der Waals surface area contributed by atoms with Crippen LogP contribution in [-0.4, -0.2) is 27.6 Å². The first kappa shape index (κ1) is 12.1. The summed E-state index contributed by atoms with van der Waals surface area (Å²) in [7, 11) is 1.76. The first-order valence-corrected chi connectivity index (χ1v) is 6.50. The lowest BCUT2D eigenvalue weighted by Gasteiger charge is -2.16. The van der Waals surface area contributed by atoms with Crippen molar-refractivity contribution >= 4 is 27.7 Å². The van der Waals surface area contributed by atoms with E-state index in [4.69, 9.17) is 5.26 Å². The maximum absolute atomic E-state index is 11.9. The van der Waals surface area contributed by atoms with E-state index in [1.807, 2.05) is 0 Å². The lowest BCUT2D eigenvalue weighted by atomic mass is 10.2. The summed E-state index contributed by atoms with van der Waals surface area (Å²) >= 11 is 3.40. The number of nitriles is 1. The Bertz CT molecular complexity index is 502. The van der Waals surface area contributed by atoms with Crippen molar-refractivity contribution in [3.8, 4) is 6.07 Å². The van der Waals surface area contributed by atoms with E-state index in [0.717, 1.165) is 5.33 Å². The fraction of sp³-hybridized carbons (Fsp3) is 0.545. The van der Waals surface area contributed by atoms with Gasteiger partial charge < -0.3 is 0 Å². The fourth-order valence-corrected chi connectivity index (χ4v) is 2.61. The van der Waals surface area contributed by atoms with Crippen molar-refractivity contribution in [1.29, 1.82) is 5.26 Å². The van der Waals surface area contributed by atoms with Gasteiger partial charge in [-0.15, -0.1) is 0 Å². The number of halogens is 1. The van der Waals surface area contributed by atoms with Gasteiger partial charge in [-0.3, -0.25) is 14.4 Å². The Morgan fingerprint density at radius 3 is 2.88 bits per heavy atom. The summed E-state index contributed by atoms with van der Waals surface area (Å²) in [5, 5.41) is 14.1. The summed E-state index contributed by atoms with van der Waals surface area (Å²) in [4.78, 5) is 13.6. The van der Waals surface area contributed by atoms with Crippen molar-refractivity contribution in [1.82, 2.24) is 9.78 Å². The average Bonchev–Trinajstić information content (AvgIpc) is 2.78. The molecule has 0 aliphatic carbocycles. The molecular weight excluding hydrogens is 284 g/mol. The van der Waals surface area contributed by atoms with E-state index in [-0.39, 0.29) is 5.91 Å². The molecule has 1 atom stereocenters. The number of aryl methyl sites for hydroxylation is 2. The molecule has 0 saturated carbocycles. The van der Waals surface area contributed by atoms with Crippen molar-refractivity contribution in [2.75, 3.05) is 16.8 Å². The van der Waals surface area contributed by atoms with Gasteiger partial charge in [0, 0.05) is 25.3 Å². The summed E-state index contributed by atoms with van der Waals surface area (Å²) in [5.41, 5.74) is 1.16. The van der Waals surface area contributed by atoms with E-state index in [2.05, 4.69) is 27.1 Å². The van der Waals surface area contributed by atoms with Crippen LogP contribution in [0.15, 0.2) is 0 Å². The zero-order chi connectivity index (χ0) is 12.6. The molecule has 1 aromatic rings. The minimum Gasteiger partial charge on any atom is -0.296 e. The Morgan fingerprint density at radius 2 is 2.35 bits per heavy atom. The summed E-state index contributed by atoms with van der Waals surface area (Å²) in [6.45, 7) is 2.43. The number of aromatic nitrogens is 2. The van der Waals surface area contributed by atoms with E-state index >= 15 is 0 Å². The molecule has 2 heterocycles. The fourth-order valence-electron chi connectivity index (χ4n) is 2.18. The van der Waals surface area contributed by atoms with Crippen molar-refractivity contribution in [3.05, 3.63) is 11.3 Å². The Hall–Kier alpha value is -1.35. The van der Waals surface area contributed by atoms with E-state index in [1.54, 1.807) is 23.6 Å². The molecule has 1 unspecified atom stereocenters. The molecule has 1 aliphatic heterocycles. The third-order valence-corrected chi connectivity index (χ3v) is 3.90. The number of rotatable bonds is 2. The number of alkyl halides is 1. The van der Waals surface area contributed by atoms with Crippen molar-refractivity contribution in [2.45, 2.75) is 13.3 Å². The first-order valence-electron chi connectivity index (χ1n) is 5.38. The molecular formula is C11H13BrN4O. The molecule has 0 aromatic carbocycles. The second-order valence-electron chi connectivity index (χ2n) is 4.25. The molecule has 0 radical (unpaired) electrons. The lowest BCUT2D eigenvalue weighted by Crippen LogP contribution is -2.27. The second kappa shape index (κ2) is 4.49. The minimum atomic E-state index is 0.0638. The molecule has 90 valence electrons. The highest BCUT2D eigenvalue weighted by atomic mass is 79.9. The zero-order valence-electron chi connectivity index (χ0n) is 9.77. The Labute approximate surface area is 108 Å². The van der Waals surface area contributed by atoms with Crippen LogP contribution in [0.5, 0.6) is 0 Å². The van der Waals surface area contributed by atoms with Gasteiger partial charge in [-0.05, 0) is 12.8 Å². The summed E-state index contributed by atoms with van der Waals surface area (Å²) in [5.74, 6) is 0.997. The third-order valence-electron chi connectivity index (χ3n) is 2.98. The predicted molar refractivity (Wildman–Crippen MR) is 66.9 cm³/mol. The number of hydrogen-bond donors (Lipinski definition) is 0. The van der Waals surface area contributed by atoms with Gasteiger partial charge in [0.15, 0.2) is 5.82 Å². The number of carbonyl (C=O) groups is 1. The molecule has 0 spiro atoms. The van der Waals surface area contributed by atoms with Crippen LogP contribution >= 0.6 is 15.9 Å². The smallest absolute Gasteiger partial charge is 0.228 e. The normalized spacial score (nSPS) is 19.8. The standard InChI is InChI=1S/C11H13BrN4O/c1-7-9(5-13)11(15(2)14-7)16-6-8(4-12)3-10(16)17/h8H,3-4,6H2,1-2H3. The van der Waals surface area contributed by atoms with Gasteiger partial charge in [0.05, 0.1) is 5.69 Å². The van der Waals surface area contributed by atoms with Crippen molar-refractivity contribution in [2.24, 2.45) is 13.0 Å². The van der Waals surface area contributed by atoms with Gasteiger partial charge in [0.25, 0.3) is 0 Å². The second-order valence-corrected chi connectivity index (χ2v) is 4.90. The molecule has 1 amide bonds. The summed E-state index contributed by atoms with van der Waals surface area (Å²) < 4.78 is 1.61. The largest absolute Gasteiger partial charge is 0.296 e. The van der Waals surface area contributed by atoms with Crippen LogP contribution in [0.25, 0.3) is 0 Å². The van der Waals surface area contributed by atoms with Gasteiger partial charge in [-0.2, -0.15) is 10.4 Å². The quantitative estimate of drug-likeness (QED) is 0.774. The number of hydrogen-bond acceptors (Lipinski definition) is 3. The molecule has 0 N–H and O–H groups in total. The molecule has 1 aliphatic rings. The van der Waals surface area contributed by atoms with Crippen LogP contribution in [0, 0.1) is 24.2 Å². The molecule has 1 saturated heterocycles. The van der Waals surface area contributed by atoms with Crippen LogP contribution in [0.4, 0.5) is 5.82 Å². The summed E-state index contributed by atoms with van der Waals surface area (Å²) in [6.07, 6.45) is 0.528. The SMILES string of the molecule is Cc1nn(C)c(N2CC(CBr)CC2=O)c1C#N. The van der Waals surface area contributed by atoms with Crippen molar-refractivity contribution < 1.29 is 4.79 Å². The third kappa shape index (κ3) is 1.95. The van der Waals surface area contributed by atoms with Crippen LogP contribution in [-0.2, 0) is 11.8 Å². The van der Waals surface area contributed by atoms with Crippen LogP contribution in [0.2, 0.25) is 0 Å². The zero-order valence-corrected chi connectivity index (χ0v) is 11.4. The molecule has 0 bridgehead atoms. The average molecular weight is 297 g/mol. The number of nitrogens with zero attached hydrogens (tertiary/aromatic N) is 4. The van der Waals surface area contributed by atoms with Gasteiger partial charge in [-0.1, -0.05) is 15.9 Å². The first-order chi connectivity index (χ1) is 8.08. The predicted octanol–water partition coefficient (Wildman–Crippen LogP) is 1.35. The topological polar surface area (TPSA) is 61.9 Å². The number of carbonyl (C=O) groups excluding carboxylic acids is 1. The molecule has 1 fully saturated rings. The Balaban J connectivity index is 2.42. The van der Waals surface area contributed by atoms with E-state index < -0.39 is 0 Å². The molecule has 6 heteroatoms. The minimum absolute atomic E-state index is 0.0638. The van der Waals surface area contributed by atoms with E-state index in [9.17, 15) is 4.79 Å². The van der Waals surface area contributed by atoms with Gasteiger partial charge in [0.1, 0.15) is 11.6 Å². The Kier molecular flexibility index (Phi) is 3.20. The van der Waals surface area contributed by atoms with E-state index in [1.165, 1.54) is 0 Å². The van der Waals surface area contributed by atoms with Crippen LogP contribution in [0.1, 0.15) is 17.7 Å². The Morgan fingerprint density at radius 1 is 1.65 bits per heavy atom. The highest BCUT2D eigenvalue weighted by Gasteiger charge is 2.33. The van der Waals surface area contributed by atoms with Gasteiger partial charge >= 0.3 is 0 Å². The molecule has 17 heavy (non-hydrogen) atoms. The number of amides is 1. The molecule has 5 nitrogen and oxygen atoms in total. The lowest BCUT2D eigenvalue weighted by molar-refractivity contribution is -0.117. The van der Waals surface area contributed by atoms with Crippen LogP contribution < -0.4 is 4.90 Å². The maximum Gasteiger partial charge on any atom is 0.228 e. The summed E-state index contributed by atoms with van der Waals surface area (Å²) in [6, 6.07) is 2.13. The highest BCUT2D eigenvalue weighted by molar-refractivity contribution is 9.09. The van der Waals surface area contributed by atoms with Crippen molar-refractivity contribution in [3.63, 3.8) is 0 Å². The molecule has 2 rings (SSSR count). The molecule has 1 aromatic heterocycles. The number of anilines is 1. The maximum atomic E-state index is 11.9. The van der Waals surface area contributed by atoms with Gasteiger partial charge in [-0.25, -0.2) is 0 Å².